The van der Waals surface area contributed by atoms with E-state index >= 15 is 0 Å². The summed E-state index contributed by atoms with van der Waals surface area (Å²) in [5.74, 6) is 0. The van der Waals surface area contributed by atoms with Crippen LogP contribution < -0.4 is 11.1 Å². The Morgan fingerprint density at radius 3 is 2.22 bits per heavy atom. The van der Waals surface area contributed by atoms with E-state index in [1.165, 1.54) is 11.3 Å². The van der Waals surface area contributed by atoms with Crippen molar-refractivity contribution in [1.29, 1.82) is 5.41 Å². The van der Waals surface area contributed by atoms with Crippen LogP contribution >= 0.6 is 0 Å². The minimum absolute atomic E-state index is 0. The average Bonchev–Trinajstić information content (AvgIpc) is 2.80. The van der Waals surface area contributed by atoms with Gasteiger partial charge in [-0.05, 0) is 49.8 Å². The van der Waals surface area contributed by atoms with Gasteiger partial charge in [0.15, 0.2) is 0 Å². The number of allylic oxidation sites excluding steroid dienone is 5. The van der Waals surface area contributed by atoms with Crippen molar-refractivity contribution >= 4 is 12.0 Å². The smallest absolute Gasteiger partial charge is 0.120 e. The number of unbranched alkanes of at least 4 members (excludes halogenated alkanes) is 1. The van der Waals surface area contributed by atoms with Gasteiger partial charge in [0.05, 0.1) is 5.71 Å². The Bertz CT molecular complexity index is 722. The van der Waals surface area contributed by atoms with E-state index in [0.29, 0.717) is 24.3 Å². The lowest BCUT2D eigenvalue weighted by Gasteiger charge is -2.13. The maximum absolute atomic E-state index is 10.5. The van der Waals surface area contributed by atoms with E-state index in [0.717, 1.165) is 49.7 Å². The first-order chi connectivity index (χ1) is 14.5. The number of hydrogen-bond donors (Lipinski definition) is 3. The number of aldehydes is 1. The second-order valence-electron chi connectivity index (χ2n) is 6.94. The van der Waals surface area contributed by atoms with Gasteiger partial charge in [0.25, 0.3) is 0 Å². The van der Waals surface area contributed by atoms with E-state index in [1.807, 2.05) is 44.2 Å². The van der Waals surface area contributed by atoms with E-state index in [-0.39, 0.29) is 16.3 Å². The highest BCUT2D eigenvalue weighted by Crippen LogP contribution is 2.18. The Hall–Kier alpha value is -2.62. The average molecular weight is 446 g/mol. The fourth-order valence-corrected chi connectivity index (χ4v) is 2.80. The van der Waals surface area contributed by atoms with Crippen molar-refractivity contribution < 1.29 is 6.22 Å². The van der Waals surface area contributed by atoms with Crippen LogP contribution in [0.5, 0.6) is 0 Å². The van der Waals surface area contributed by atoms with E-state index < -0.39 is 0 Å². The van der Waals surface area contributed by atoms with Gasteiger partial charge in [-0.15, -0.1) is 0 Å². The molecule has 0 bridgehead atoms. The Morgan fingerprint density at radius 2 is 1.75 bits per heavy atom. The molecule has 0 spiro atoms. The van der Waals surface area contributed by atoms with E-state index in [9.17, 15) is 4.79 Å². The second kappa shape index (κ2) is 21.6. The van der Waals surface area contributed by atoms with Crippen LogP contribution in [0.2, 0.25) is 0 Å². The van der Waals surface area contributed by atoms with Gasteiger partial charge in [0.1, 0.15) is 6.29 Å². The highest BCUT2D eigenvalue weighted by molar-refractivity contribution is 6.10. The fourth-order valence-electron chi connectivity index (χ4n) is 2.80. The zero-order chi connectivity index (χ0) is 22.8. The molecule has 0 radical (unpaired) electrons. The molecule has 4 nitrogen and oxygen atoms in total. The van der Waals surface area contributed by atoms with Gasteiger partial charge in [-0.25, -0.2) is 0 Å². The summed E-state index contributed by atoms with van der Waals surface area (Å²) in [6.07, 6.45) is 10.2. The predicted molar refractivity (Wildman–Crippen MR) is 146 cm³/mol. The highest BCUT2D eigenvalue weighted by Gasteiger charge is 2.11. The Balaban J connectivity index is -0.000000256. The molecular weight excluding hydrogens is 394 g/mol. The number of hydrogen-bond acceptors (Lipinski definition) is 4. The number of rotatable bonds is 9. The summed E-state index contributed by atoms with van der Waals surface area (Å²) < 4.78 is 0. The normalized spacial score (nSPS) is 12.3. The molecule has 1 aliphatic heterocycles. The van der Waals surface area contributed by atoms with Crippen molar-refractivity contribution in [3.05, 3.63) is 70.6 Å². The third kappa shape index (κ3) is 13.6. The van der Waals surface area contributed by atoms with Crippen LogP contribution in [0, 0.1) is 5.41 Å². The molecule has 0 saturated carbocycles. The molecule has 2 rings (SSSR count). The fraction of sp³-hybridized carbons (Fsp3) is 0.500. The molecule has 0 unspecified atom stereocenters. The van der Waals surface area contributed by atoms with Crippen molar-refractivity contribution in [1.82, 2.24) is 5.32 Å². The second-order valence-corrected chi connectivity index (χ2v) is 6.94. The zero-order valence-electron chi connectivity index (χ0n) is 19.6. The van der Waals surface area contributed by atoms with Crippen molar-refractivity contribution in [3.63, 3.8) is 0 Å². The van der Waals surface area contributed by atoms with Gasteiger partial charge in [-0.2, -0.15) is 0 Å². The summed E-state index contributed by atoms with van der Waals surface area (Å²) in [5.41, 5.74) is 11.7. The molecular formula is C28H51N3O. The number of dihydropyridines is 1. The first-order valence-corrected chi connectivity index (χ1v) is 11.2. The van der Waals surface area contributed by atoms with Gasteiger partial charge in [0.2, 0.25) is 0 Å². The lowest BCUT2D eigenvalue weighted by atomic mass is 9.95. The van der Waals surface area contributed by atoms with Gasteiger partial charge < -0.3 is 15.8 Å². The summed E-state index contributed by atoms with van der Waals surface area (Å²) in [6, 6.07) is 9.61. The molecule has 0 saturated heterocycles. The van der Waals surface area contributed by atoms with Crippen LogP contribution in [0.25, 0.3) is 0 Å². The standard InChI is InChI=1S/C16H22N2O.C8H13N.C2H6.2CH4.H2/c1-2-3-10-14(15(17)11-7-12-19)16(18)13-8-5-4-6-9-13;1-3-8-5-4-7(2)9-6-8;1-2;;;/h4-6,8-9,12,18H,2-3,7,10-11,17H2,1H3;4-5,9H,3,6H2,1-2H3;1-2H3;2*1H4;1H/b15-14-,18-16?;;;;;. The summed E-state index contributed by atoms with van der Waals surface area (Å²) in [7, 11) is 0. The number of nitrogens with two attached hydrogens (primary N) is 1. The molecule has 0 amide bonds. The molecule has 4 N–H and O–H groups in total. The third-order valence-electron chi connectivity index (χ3n) is 4.68. The monoisotopic (exact) mass is 445 g/mol. The molecule has 1 aromatic rings. The molecule has 1 heterocycles. The van der Waals surface area contributed by atoms with Gasteiger partial charge in [-0.3, -0.25) is 5.41 Å². The largest absolute Gasteiger partial charge is 0.402 e. The molecule has 0 aromatic heterocycles. The van der Waals surface area contributed by atoms with Gasteiger partial charge in [0, 0.05) is 25.8 Å². The highest BCUT2D eigenvalue weighted by atomic mass is 16.1. The summed E-state index contributed by atoms with van der Waals surface area (Å²) in [4.78, 5) is 10.5. The lowest BCUT2D eigenvalue weighted by Crippen LogP contribution is -2.17. The molecule has 0 fully saturated rings. The first-order valence-electron chi connectivity index (χ1n) is 11.2. The molecule has 1 aliphatic rings. The quantitative estimate of drug-likeness (QED) is 0.268. The van der Waals surface area contributed by atoms with Crippen molar-refractivity contribution in [2.75, 3.05) is 6.54 Å². The third-order valence-corrected chi connectivity index (χ3v) is 4.68. The summed E-state index contributed by atoms with van der Waals surface area (Å²) in [6.45, 7) is 11.4. The summed E-state index contributed by atoms with van der Waals surface area (Å²) in [5, 5.41) is 11.6. The number of carbonyl (C=O) groups is 1. The Labute approximate surface area is 200 Å². The Morgan fingerprint density at radius 1 is 1.12 bits per heavy atom. The lowest BCUT2D eigenvalue weighted by molar-refractivity contribution is -0.107. The maximum atomic E-state index is 10.5. The topological polar surface area (TPSA) is 79.0 Å². The SMILES string of the molecule is C.C.CC.CCC1=CC=C(C)NC1.CCCC/C(C(=N)c1ccccc1)=C(/N)CCC=O.[HH]. The van der Waals surface area contributed by atoms with E-state index in [2.05, 4.69) is 38.2 Å². The molecule has 32 heavy (non-hydrogen) atoms. The van der Waals surface area contributed by atoms with Gasteiger partial charge in [-0.1, -0.05) is 91.0 Å². The molecule has 1 aromatic carbocycles. The van der Waals surface area contributed by atoms with Crippen molar-refractivity contribution in [2.45, 2.75) is 88.0 Å². The summed E-state index contributed by atoms with van der Waals surface area (Å²) >= 11 is 0. The molecule has 0 aliphatic carbocycles. The Kier molecular flexibility index (Phi) is 23.0. The van der Waals surface area contributed by atoms with Gasteiger partial charge >= 0.3 is 0 Å². The molecule has 0 atom stereocenters. The van der Waals surface area contributed by atoms with Crippen LogP contribution in [0.3, 0.4) is 0 Å². The number of benzene rings is 1. The molecule has 4 heteroatoms. The van der Waals surface area contributed by atoms with E-state index in [1.54, 1.807) is 0 Å². The van der Waals surface area contributed by atoms with Crippen molar-refractivity contribution in [3.8, 4) is 0 Å². The van der Waals surface area contributed by atoms with Crippen LogP contribution in [0.15, 0.2) is 65.0 Å². The maximum Gasteiger partial charge on any atom is 0.120 e. The predicted octanol–water partition coefficient (Wildman–Crippen LogP) is 7.81. The first kappa shape index (κ1) is 34.0. The zero-order valence-corrected chi connectivity index (χ0v) is 19.6. The van der Waals surface area contributed by atoms with Crippen LogP contribution in [0.1, 0.15) is 95.0 Å². The number of carbonyl (C=O) groups excluding carboxylic acids is 1. The van der Waals surface area contributed by atoms with Crippen molar-refractivity contribution in [2.24, 2.45) is 5.73 Å². The van der Waals surface area contributed by atoms with Crippen LogP contribution in [0.4, 0.5) is 0 Å². The number of nitrogens with one attached hydrogen (secondary N) is 2. The van der Waals surface area contributed by atoms with E-state index in [4.69, 9.17) is 11.1 Å². The van der Waals surface area contributed by atoms with Crippen LogP contribution in [-0.4, -0.2) is 18.5 Å². The minimum atomic E-state index is 0. The molecule has 184 valence electrons. The van der Waals surface area contributed by atoms with Crippen LogP contribution in [-0.2, 0) is 4.79 Å². The minimum Gasteiger partial charge on any atom is -0.402 e.